The lowest BCUT2D eigenvalue weighted by atomic mass is 9.99. The Morgan fingerprint density at radius 3 is 2.76 bits per heavy atom. The maximum absolute atomic E-state index is 5.89. The summed E-state index contributed by atoms with van der Waals surface area (Å²) in [5, 5.41) is 0. The van der Waals surface area contributed by atoms with Crippen LogP contribution in [0.15, 0.2) is 0 Å². The monoisotopic (exact) mass is 242 g/mol. The van der Waals surface area contributed by atoms with Crippen molar-refractivity contribution in [1.82, 2.24) is 4.90 Å². The molecule has 4 heteroatoms. The Labute approximate surface area is 104 Å². The minimum absolute atomic E-state index is 0.0857. The van der Waals surface area contributed by atoms with Crippen LogP contribution in [0.4, 0.5) is 0 Å². The Morgan fingerprint density at radius 1 is 1.47 bits per heavy atom. The predicted molar refractivity (Wildman–Crippen MR) is 67.7 cm³/mol. The highest BCUT2D eigenvalue weighted by Gasteiger charge is 2.40. The molecule has 0 amide bonds. The van der Waals surface area contributed by atoms with E-state index >= 15 is 0 Å². The minimum Gasteiger partial charge on any atom is -0.347 e. The van der Waals surface area contributed by atoms with Crippen LogP contribution in [0.25, 0.3) is 0 Å². The Hall–Kier alpha value is -0.160. The Morgan fingerprint density at radius 2 is 2.24 bits per heavy atom. The molecular weight excluding hydrogens is 216 g/mol. The standard InChI is InChI=1S/C13H26N2O2/c1-10(2)15-5-4-11(8-15)6-13(3)16-9-12(7-14)17-13/h10-12H,4-9,14H2,1-3H3. The fourth-order valence-electron chi connectivity index (χ4n) is 2.94. The predicted octanol–water partition coefficient (Wildman–Crippen LogP) is 1.20. The Balaban J connectivity index is 1.82. The van der Waals surface area contributed by atoms with Gasteiger partial charge in [0, 0.05) is 25.6 Å². The molecule has 0 aromatic heterocycles. The first-order valence-corrected chi connectivity index (χ1v) is 6.78. The summed E-state index contributed by atoms with van der Waals surface area (Å²) < 4.78 is 11.7. The van der Waals surface area contributed by atoms with Gasteiger partial charge in [-0.1, -0.05) is 0 Å². The van der Waals surface area contributed by atoms with Crippen molar-refractivity contribution in [3.05, 3.63) is 0 Å². The van der Waals surface area contributed by atoms with E-state index < -0.39 is 5.79 Å². The summed E-state index contributed by atoms with van der Waals surface area (Å²) in [5.74, 6) is 0.292. The van der Waals surface area contributed by atoms with E-state index in [1.54, 1.807) is 0 Å². The van der Waals surface area contributed by atoms with Gasteiger partial charge >= 0.3 is 0 Å². The number of hydrogen-bond acceptors (Lipinski definition) is 4. The van der Waals surface area contributed by atoms with Crippen molar-refractivity contribution in [3.8, 4) is 0 Å². The third-order valence-corrected chi connectivity index (χ3v) is 3.96. The van der Waals surface area contributed by atoms with Gasteiger partial charge < -0.3 is 20.1 Å². The lowest BCUT2D eigenvalue weighted by molar-refractivity contribution is -0.164. The second-order valence-electron chi connectivity index (χ2n) is 5.87. The summed E-state index contributed by atoms with van der Waals surface area (Å²) in [6.07, 6.45) is 2.34. The highest BCUT2D eigenvalue weighted by molar-refractivity contribution is 4.84. The van der Waals surface area contributed by atoms with Crippen molar-refractivity contribution >= 4 is 0 Å². The molecule has 0 aliphatic carbocycles. The minimum atomic E-state index is -0.401. The van der Waals surface area contributed by atoms with Crippen LogP contribution >= 0.6 is 0 Å². The van der Waals surface area contributed by atoms with E-state index in [-0.39, 0.29) is 6.10 Å². The van der Waals surface area contributed by atoms with E-state index in [2.05, 4.69) is 25.7 Å². The number of rotatable bonds is 4. The van der Waals surface area contributed by atoms with Gasteiger partial charge in [-0.15, -0.1) is 0 Å². The summed E-state index contributed by atoms with van der Waals surface area (Å²) in [7, 11) is 0. The highest BCUT2D eigenvalue weighted by Crippen LogP contribution is 2.33. The van der Waals surface area contributed by atoms with E-state index in [0.717, 1.165) is 6.42 Å². The average molecular weight is 242 g/mol. The first kappa shape index (κ1) is 13.3. The normalized spacial score (nSPS) is 39.4. The molecule has 0 aromatic carbocycles. The fraction of sp³-hybridized carbons (Fsp3) is 1.00. The quantitative estimate of drug-likeness (QED) is 0.804. The van der Waals surface area contributed by atoms with Gasteiger partial charge in [0.05, 0.1) is 12.7 Å². The van der Waals surface area contributed by atoms with Crippen LogP contribution in [-0.4, -0.2) is 49.1 Å². The first-order valence-electron chi connectivity index (χ1n) is 6.78. The molecule has 2 N–H and O–H groups in total. The van der Waals surface area contributed by atoms with Crippen molar-refractivity contribution in [2.75, 3.05) is 26.2 Å². The van der Waals surface area contributed by atoms with Gasteiger partial charge in [-0.3, -0.25) is 0 Å². The number of likely N-dealkylation sites (tertiary alicyclic amines) is 1. The van der Waals surface area contributed by atoms with Crippen molar-refractivity contribution in [2.45, 2.75) is 51.5 Å². The van der Waals surface area contributed by atoms with E-state index in [1.807, 2.05) is 0 Å². The Bertz CT molecular complexity index is 260. The number of nitrogens with two attached hydrogens (primary N) is 1. The lowest BCUT2D eigenvalue weighted by Crippen LogP contribution is -2.33. The molecule has 0 spiro atoms. The van der Waals surface area contributed by atoms with Crippen molar-refractivity contribution in [2.24, 2.45) is 11.7 Å². The van der Waals surface area contributed by atoms with Crippen LogP contribution in [-0.2, 0) is 9.47 Å². The first-order chi connectivity index (χ1) is 8.02. The molecule has 3 unspecified atom stereocenters. The largest absolute Gasteiger partial charge is 0.347 e. The smallest absolute Gasteiger partial charge is 0.166 e. The maximum atomic E-state index is 5.89. The summed E-state index contributed by atoms with van der Waals surface area (Å²) >= 11 is 0. The second kappa shape index (κ2) is 5.22. The molecule has 4 nitrogen and oxygen atoms in total. The van der Waals surface area contributed by atoms with Gasteiger partial charge in [0.15, 0.2) is 5.79 Å². The summed E-state index contributed by atoms with van der Waals surface area (Å²) in [4.78, 5) is 2.53. The third kappa shape index (κ3) is 3.19. The summed E-state index contributed by atoms with van der Waals surface area (Å²) in [5.41, 5.74) is 5.61. The molecule has 100 valence electrons. The molecule has 2 fully saturated rings. The SMILES string of the molecule is CC(C)N1CCC(CC2(C)OCC(CN)O2)C1. The average Bonchev–Trinajstić information content (AvgIpc) is 2.86. The van der Waals surface area contributed by atoms with Crippen LogP contribution in [0.5, 0.6) is 0 Å². The van der Waals surface area contributed by atoms with Crippen molar-refractivity contribution < 1.29 is 9.47 Å². The van der Waals surface area contributed by atoms with Crippen LogP contribution in [0.1, 0.15) is 33.6 Å². The maximum Gasteiger partial charge on any atom is 0.166 e. The van der Waals surface area contributed by atoms with Crippen molar-refractivity contribution in [3.63, 3.8) is 0 Å². The Kier molecular flexibility index (Phi) is 4.08. The number of nitrogens with zero attached hydrogens (tertiary/aromatic N) is 1. The highest BCUT2D eigenvalue weighted by atomic mass is 16.7. The zero-order valence-corrected chi connectivity index (χ0v) is 11.3. The number of hydrogen-bond donors (Lipinski definition) is 1. The molecule has 2 aliphatic rings. The molecule has 3 atom stereocenters. The molecule has 2 heterocycles. The zero-order valence-electron chi connectivity index (χ0n) is 11.3. The van der Waals surface area contributed by atoms with Crippen LogP contribution in [0, 0.1) is 5.92 Å². The van der Waals surface area contributed by atoms with Gasteiger partial charge in [0.1, 0.15) is 0 Å². The molecule has 2 aliphatic heterocycles. The fourth-order valence-corrected chi connectivity index (χ4v) is 2.94. The molecule has 0 saturated carbocycles. The number of ether oxygens (including phenoxy) is 2. The van der Waals surface area contributed by atoms with Crippen molar-refractivity contribution in [1.29, 1.82) is 0 Å². The van der Waals surface area contributed by atoms with Gasteiger partial charge in [0.2, 0.25) is 0 Å². The summed E-state index contributed by atoms with van der Waals surface area (Å²) in [6, 6.07) is 0.648. The molecule has 17 heavy (non-hydrogen) atoms. The van der Waals surface area contributed by atoms with E-state index in [0.29, 0.717) is 25.1 Å². The lowest BCUT2D eigenvalue weighted by Gasteiger charge is -2.27. The van der Waals surface area contributed by atoms with E-state index in [9.17, 15) is 0 Å². The van der Waals surface area contributed by atoms with Crippen LogP contribution in [0.3, 0.4) is 0 Å². The molecule has 0 aromatic rings. The molecule has 2 rings (SSSR count). The molecule has 0 bridgehead atoms. The van der Waals surface area contributed by atoms with Crippen LogP contribution < -0.4 is 5.73 Å². The van der Waals surface area contributed by atoms with Gasteiger partial charge in [-0.2, -0.15) is 0 Å². The van der Waals surface area contributed by atoms with Gasteiger partial charge in [-0.05, 0) is 39.7 Å². The second-order valence-corrected chi connectivity index (χ2v) is 5.87. The third-order valence-electron chi connectivity index (χ3n) is 3.96. The zero-order chi connectivity index (χ0) is 12.5. The molecule has 0 radical (unpaired) electrons. The van der Waals surface area contributed by atoms with Gasteiger partial charge in [0.25, 0.3) is 0 Å². The summed E-state index contributed by atoms with van der Waals surface area (Å²) in [6.45, 7) is 10.2. The molecule has 2 saturated heterocycles. The topological polar surface area (TPSA) is 47.7 Å². The van der Waals surface area contributed by atoms with Crippen LogP contribution in [0.2, 0.25) is 0 Å². The van der Waals surface area contributed by atoms with E-state index in [4.69, 9.17) is 15.2 Å². The van der Waals surface area contributed by atoms with E-state index in [1.165, 1.54) is 19.5 Å². The molecular formula is C13H26N2O2. The van der Waals surface area contributed by atoms with Gasteiger partial charge in [-0.25, -0.2) is 0 Å².